The number of hydrogen-bond acceptors (Lipinski definition) is 4. The summed E-state index contributed by atoms with van der Waals surface area (Å²) in [5.74, 6) is 0.802. The maximum Gasteiger partial charge on any atom is 0.145 e. The predicted octanol–water partition coefficient (Wildman–Crippen LogP) is 13.4. The molecule has 1 aliphatic rings. The van der Waals surface area contributed by atoms with Gasteiger partial charge in [-0.3, -0.25) is 0 Å². The van der Waals surface area contributed by atoms with E-state index in [4.69, 9.17) is 13.8 Å². The summed E-state index contributed by atoms with van der Waals surface area (Å²) in [7, 11) is 0. The maximum absolute atomic E-state index is 6.72. The third kappa shape index (κ3) is 5.06. The van der Waals surface area contributed by atoms with Crippen molar-refractivity contribution in [3.63, 3.8) is 0 Å². The van der Waals surface area contributed by atoms with Gasteiger partial charge in [-0.25, -0.2) is 4.99 Å². The van der Waals surface area contributed by atoms with Gasteiger partial charge in [0.15, 0.2) is 0 Å². The van der Waals surface area contributed by atoms with Gasteiger partial charge in [-0.15, -0.1) is 0 Å². The van der Waals surface area contributed by atoms with E-state index in [0.717, 1.165) is 99.6 Å². The Balaban J connectivity index is 0.969. The van der Waals surface area contributed by atoms with Crippen LogP contribution in [0.5, 0.6) is 0 Å². The molecule has 0 aliphatic carbocycles. The first-order valence-corrected chi connectivity index (χ1v) is 19.3. The topological polar surface area (TPSA) is 55.6 Å². The quantitative estimate of drug-likeness (QED) is 0.192. The number of rotatable bonds is 5. The molecular weight excluding hydrogens is 699 g/mol. The summed E-state index contributed by atoms with van der Waals surface area (Å²) in [6.45, 7) is 0. The number of furan rings is 2. The molecule has 0 saturated carbocycles. The van der Waals surface area contributed by atoms with Gasteiger partial charge in [-0.1, -0.05) is 121 Å². The summed E-state index contributed by atoms with van der Waals surface area (Å²) in [5, 5.41) is 10.4. The van der Waals surface area contributed by atoms with E-state index in [1.165, 1.54) is 11.1 Å². The highest BCUT2D eigenvalue weighted by Gasteiger charge is 2.22. The van der Waals surface area contributed by atoms with Gasteiger partial charge in [0, 0.05) is 49.8 Å². The lowest BCUT2D eigenvalue weighted by molar-refractivity contribution is 0.668. The number of nitrogens with one attached hydrogen (secondary N) is 1. The Morgan fingerprint density at radius 1 is 0.456 bits per heavy atom. The van der Waals surface area contributed by atoms with Crippen LogP contribution in [0, 0.1) is 0 Å². The van der Waals surface area contributed by atoms with Crippen molar-refractivity contribution in [2.24, 2.45) is 4.99 Å². The minimum absolute atomic E-state index is 0.0602. The fraction of sp³-hybridized carbons (Fsp3) is 0.0192. The summed E-state index contributed by atoms with van der Waals surface area (Å²) in [5.41, 5.74) is 13.2. The standard InChI is InChI=1S/C52H33N3O2/c1-3-12-32(13-4-1)34-16-11-17-35(28-34)44-31-43(33-14-5-2-6-15-33)53-52(54-44)36-22-24-39-40-25-23-37(30-49(40)56-48(39)29-36)55-45-20-9-7-19-42(45)50-46(55)27-26-41-38-18-8-10-21-47(38)57-51(41)50/h1-31,43H,(H,53,54). The molecule has 4 heterocycles. The Labute approximate surface area is 327 Å². The molecule has 12 rings (SSSR count). The number of amidine groups is 1. The van der Waals surface area contributed by atoms with Crippen LogP contribution in [0.4, 0.5) is 0 Å². The molecule has 1 aliphatic heterocycles. The molecule has 1 atom stereocenters. The Kier molecular flexibility index (Phi) is 6.92. The van der Waals surface area contributed by atoms with Gasteiger partial charge in [0.05, 0.1) is 28.2 Å². The maximum atomic E-state index is 6.72. The van der Waals surface area contributed by atoms with Crippen molar-refractivity contribution >= 4 is 77.2 Å². The molecule has 1 N–H and O–H groups in total. The highest BCUT2D eigenvalue weighted by Crippen LogP contribution is 2.41. The normalized spacial score (nSPS) is 14.5. The Morgan fingerprint density at radius 3 is 2.02 bits per heavy atom. The van der Waals surface area contributed by atoms with Crippen molar-refractivity contribution in [1.82, 2.24) is 9.88 Å². The van der Waals surface area contributed by atoms with Crippen LogP contribution in [-0.2, 0) is 0 Å². The largest absolute Gasteiger partial charge is 0.456 e. The first-order chi connectivity index (χ1) is 28.2. The van der Waals surface area contributed by atoms with E-state index in [-0.39, 0.29) is 6.04 Å². The number of benzene rings is 8. The average Bonchev–Trinajstić information content (AvgIpc) is 3.95. The van der Waals surface area contributed by atoms with Crippen LogP contribution < -0.4 is 5.32 Å². The lowest BCUT2D eigenvalue weighted by Gasteiger charge is -2.24. The number of fused-ring (bicyclic) bond motifs is 10. The zero-order valence-corrected chi connectivity index (χ0v) is 30.7. The molecule has 0 bridgehead atoms. The van der Waals surface area contributed by atoms with Gasteiger partial charge in [0.2, 0.25) is 0 Å². The first-order valence-electron chi connectivity index (χ1n) is 19.3. The number of nitrogens with zero attached hydrogens (tertiary/aromatic N) is 2. The minimum atomic E-state index is -0.0602. The molecule has 5 heteroatoms. The number of aromatic nitrogens is 1. The first kappa shape index (κ1) is 31.7. The van der Waals surface area contributed by atoms with Crippen LogP contribution in [0.25, 0.3) is 88.2 Å². The molecule has 0 radical (unpaired) electrons. The Bertz CT molecular complexity index is 3440. The molecule has 5 nitrogen and oxygen atoms in total. The summed E-state index contributed by atoms with van der Waals surface area (Å²) in [6.07, 6.45) is 2.22. The molecule has 268 valence electrons. The van der Waals surface area contributed by atoms with Crippen LogP contribution in [0.15, 0.2) is 202 Å². The van der Waals surface area contributed by atoms with Crippen molar-refractivity contribution in [3.8, 4) is 16.8 Å². The molecule has 0 fully saturated rings. The number of para-hydroxylation sites is 2. The van der Waals surface area contributed by atoms with Crippen molar-refractivity contribution in [2.45, 2.75) is 6.04 Å². The van der Waals surface area contributed by atoms with E-state index in [2.05, 4.69) is 180 Å². The Hall–Kier alpha value is -7.63. The SMILES string of the molecule is C1=C(c2cccc(-c3ccccc3)c2)N=C(c2ccc3c(c2)oc2cc(-n4c5ccccc5c5c6oc7ccccc7c6ccc54)ccc23)NC1c1ccccc1. The van der Waals surface area contributed by atoms with E-state index in [1.54, 1.807) is 0 Å². The van der Waals surface area contributed by atoms with Crippen molar-refractivity contribution < 1.29 is 8.83 Å². The van der Waals surface area contributed by atoms with Crippen molar-refractivity contribution in [2.75, 3.05) is 0 Å². The third-order valence-corrected chi connectivity index (χ3v) is 11.4. The minimum Gasteiger partial charge on any atom is -0.456 e. The second kappa shape index (κ2) is 12.4. The molecule has 57 heavy (non-hydrogen) atoms. The van der Waals surface area contributed by atoms with E-state index < -0.39 is 0 Å². The average molecular weight is 732 g/mol. The van der Waals surface area contributed by atoms with Crippen LogP contribution in [0.2, 0.25) is 0 Å². The third-order valence-electron chi connectivity index (χ3n) is 11.4. The number of aliphatic imine (C=N–C) groups is 1. The molecule has 8 aromatic carbocycles. The Morgan fingerprint density at radius 2 is 1.14 bits per heavy atom. The highest BCUT2D eigenvalue weighted by molar-refractivity contribution is 6.24. The second-order valence-corrected chi connectivity index (χ2v) is 14.8. The molecular formula is C52H33N3O2. The van der Waals surface area contributed by atoms with E-state index in [1.807, 2.05) is 18.2 Å². The van der Waals surface area contributed by atoms with Gasteiger partial charge < -0.3 is 18.7 Å². The van der Waals surface area contributed by atoms with Gasteiger partial charge in [-0.05, 0) is 77.4 Å². The van der Waals surface area contributed by atoms with Crippen LogP contribution >= 0.6 is 0 Å². The van der Waals surface area contributed by atoms with Gasteiger partial charge in [0.1, 0.15) is 28.2 Å². The van der Waals surface area contributed by atoms with Crippen LogP contribution in [-0.4, -0.2) is 10.4 Å². The van der Waals surface area contributed by atoms with Gasteiger partial charge in [0.25, 0.3) is 0 Å². The van der Waals surface area contributed by atoms with Gasteiger partial charge >= 0.3 is 0 Å². The smallest absolute Gasteiger partial charge is 0.145 e. The van der Waals surface area contributed by atoms with Crippen molar-refractivity contribution in [3.05, 3.63) is 205 Å². The molecule has 11 aromatic rings. The molecule has 0 saturated heterocycles. The summed E-state index contributed by atoms with van der Waals surface area (Å²) in [4.78, 5) is 5.25. The zero-order chi connectivity index (χ0) is 37.5. The highest BCUT2D eigenvalue weighted by atomic mass is 16.3. The monoisotopic (exact) mass is 731 g/mol. The summed E-state index contributed by atoms with van der Waals surface area (Å²) >= 11 is 0. The molecule has 0 spiro atoms. The predicted molar refractivity (Wildman–Crippen MR) is 234 cm³/mol. The van der Waals surface area contributed by atoms with Crippen LogP contribution in [0.1, 0.15) is 22.7 Å². The second-order valence-electron chi connectivity index (χ2n) is 14.8. The zero-order valence-electron chi connectivity index (χ0n) is 30.7. The van der Waals surface area contributed by atoms with E-state index in [9.17, 15) is 0 Å². The summed E-state index contributed by atoms with van der Waals surface area (Å²) in [6, 6.07) is 63.8. The van der Waals surface area contributed by atoms with E-state index in [0.29, 0.717) is 0 Å². The van der Waals surface area contributed by atoms with Crippen molar-refractivity contribution in [1.29, 1.82) is 0 Å². The fourth-order valence-electron chi connectivity index (χ4n) is 8.74. The summed E-state index contributed by atoms with van der Waals surface area (Å²) < 4.78 is 15.6. The van der Waals surface area contributed by atoms with Crippen LogP contribution in [0.3, 0.4) is 0 Å². The molecule has 1 unspecified atom stereocenters. The van der Waals surface area contributed by atoms with Gasteiger partial charge in [-0.2, -0.15) is 0 Å². The molecule has 3 aromatic heterocycles. The number of hydrogen-bond donors (Lipinski definition) is 1. The van der Waals surface area contributed by atoms with E-state index >= 15 is 0 Å². The lowest BCUT2D eigenvalue weighted by atomic mass is 9.98. The fourth-order valence-corrected chi connectivity index (χ4v) is 8.74. The lowest BCUT2D eigenvalue weighted by Crippen LogP contribution is -2.31. The molecule has 0 amide bonds.